The molecule has 0 spiro atoms. The van der Waals surface area contributed by atoms with Crippen LogP contribution in [0.1, 0.15) is 25.8 Å². The number of benzene rings is 1. The molecule has 0 saturated carbocycles. The first-order valence-electron chi connectivity index (χ1n) is 7.03. The Morgan fingerprint density at radius 3 is 2.77 bits per heavy atom. The maximum absolute atomic E-state index is 12.4. The average Bonchev–Trinajstić information content (AvgIpc) is 3.13. The van der Waals surface area contributed by atoms with Crippen molar-refractivity contribution in [2.45, 2.75) is 19.8 Å². The van der Waals surface area contributed by atoms with E-state index in [1.165, 1.54) is 32.9 Å². The number of nitrogens with one attached hydrogen (secondary N) is 1. The quantitative estimate of drug-likeness (QED) is 0.776. The molecule has 2 heterocycles. The van der Waals surface area contributed by atoms with E-state index in [1.807, 2.05) is 13.0 Å². The Morgan fingerprint density at radius 1 is 1.14 bits per heavy atom. The lowest BCUT2D eigenvalue weighted by molar-refractivity contribution is 0.103. The molecule has 4 rings (SSSR count). The van der Waals surface area contributed by atoms with Crippen LogP contribution in [0.15, 0.2) is 30.3 Å². The number of fused-ring (bicyclic) bond motifs is 3. The molecule has 0 aliphatic heterocycles. The van der Waals surface area contributed by atoms with E-state index in [0.29, 0.717) is 5.13 Å². The number of aromatic nitrogens is 2. The highest BCUT2D eigenvalue weighted by Crippen LogP contribution is 2.39. The molecule has 22 heavy (non-hydrogen) atoms. The monoisotopic (exact) mass is 327 g/mol. The molecule has 1 N–H and O–H groups in total. The summed E-state index contributed by atoms with van der Waals surface area (Å²) in [6.07, 6.45) is 2.03. The molecule has 6 heteroatoms. The van der Waals surface area contributed by atoms with Gasteiger partial charge in [-0.2, -0.15) is 0 Å². The third kappa shape index (κ3) is 2.34. The van der Waals surface area contributed by atoms with Crippen LogP contribution in [0.3, 0.4) is 0 Å². The number of thiophene rings is 1. The molecule has 1 aliphatic rings. The Morgan fingerprint density at radius 2 is 1.95 bits per heavy atom. The van der Waals surface area contributed by atoms with Crippen LogP contribution in [0.5, 0.6) is 0 Å². The number of nitrogens with zero attached hydrogens (tertiary/aromatic N) is 2. The molecule has 3 aromatic rings. The second-order valence-electron chi connectivity index (χ2n) is 5.20. The molecule has 1 amide bonds. The van der Waals surface area contributed by atoms with E-state index in [0.717, 1.165) is 22.7 Å². The van der Waals surface area contributed by atoms with E-state index in [-0.39, 0.29) is 5.91 Å². The van der Waals surface area contributed by atoms with Gasteiger partial charge in [0.1, 0.15) is 5.01 Å². The van der Waals surface area contributed by atoms with Gasteiger partial charge in [-0.1, -0.05) is 35.6 Å². The van der Waals surface area contributed by atoms with Crippen LogP contribution in [0, 0.1) is 6.92 Å². The predicted octanol–water partition coefficient (Wildman–Crippen LogP) is 3.93. The van der Waals surface area contributed by atoms with Crippen LogP contribution in [0.2, 0.25) is 0 Å². The minimum atomic E-state index is -0.104. The Hall–Kier alpha value is -2.05. The van der Waals surface area contributed by atoms with Crippen molar-refractivity contribution in [3.05, 3.63) is 51.3 Å². The third-order valence-corrected chi connectivity index (χ3v) is 5.67. The lowest BCUT2D eigenvalue weighted by Crippen LogP contribution is -2.09. The fraction of sp³-hybridized carbons (Fsp3) is 0.188. The first-order chi connectivity index (χ1) is 10.7. The van der Waals surface area contributed by atoms with Crippen molar-refractivity contribution in [3.8, 4) is 10.4 Å². The highest BCUT2D eigenvalue weighted by Gasteiger charge is 2.21. The van der Waals surface area contributed by atoms with E-state index in [4.69, 9.17) is 0 Å². The smallest absolute Gasteiger partial charge is 0.267 e. The van der Waals surface area contributed by atoms with Crippen LogP contribution in [0.25, 0.3) is 10.4 Å². The number of rotatable bonds is 2. The van der Waals surface area contributed by atoms with Gasteiger partial charge in [0.15, 0.2) is 0 Å². The van der Waals surface area contributed by atoms with Crippen LogP contribution in [0.4, 0.5) is 5.13 Å². The largest absolute Gasteiger partial charge is 0.296 e. The molecule has 1 aliphatic carbocycles. The number of anilines is 1. The maximum atomic E-state index is 12.4. The van der Waals surface area contributed by atoms with Crippen molar-refractivity contribution in [1.82, 2.24) is 10.2 Å². The van der Waals surface area contributed by atoms with Crippen molar-refractivity contribution in [2.75, 3.05) is 5.32 Å². The normalized spacial score (nSPS) is 12.6. The summed E-state index contributed by atoms with van der Waals surface area (Å²) in [5, 5.41) is 12.1. The van der Waals surface area contributed by atoms with Gasteiger partial charge in [-0.15, -0.1) is 21.5 Å². The first-order valence-corrected chi connectivity index (χ1v) is 8.66. The van der Waals surface area contributed by atoms with Gasteiger partial charge < -0.3 is 0 Å². The number of hydrogen-bond donors (Lipinski definition) is 1. The molecule has 0 fully saturated rings. The van der Waals surface area contributed by atoms with E-state index < -0.39 is 0 Å². The lowest BCUT2D eigenvalue weighted by atomic mass is 9.91. The van der Waals surface area contributed by atoms with Gasteiger partial charge >= 0.3 is 0 Å². The number of amides is 1. The Balaban J connectivity index is 1.65. The molecule has 4 nitrogen and oxygen atoms in total. The minimum absolute atomic E-state index is 0.104. The number of aryl methyl sites for hydroxylation is 3. The van der Waals surface area contributed by atoms with Gasteiger partial charge in [0.25, 0.3) is 5.91 Å². The number of hydrogen-bond acceptors (Lipinski definition) is 5. The predicted molar refractivity (Wildman–Crippen MR) is 89.8 cm³/mol. The third-order valence-electron chi connectivity index (χ3n) is 3.70. The summed E-state index contributed by atoms with van der Waals surface area (Å²) in [4.78, 5) is 14.3. The Kier molecular flexibility index (Phi) is 3.28. The molecule has 0 saturated heterocycles. The molecule has 2 aromatic heterocycles. The van der Waals surface area contributed by atoms with E-state index in [1.54, 1.807) is 11.3 Å². The lowest BCUT2D eigenvalue weighted by Gasteiger charge is -2.15. The van der Waals surface area contributed by atoms with E-state index in [9.17, 15) is 4.79 Å². The zero-order chi connectivity index (χ0) is 15.1. The van der Waals surface area contributed by atoms with Crippen LogP contribution < -0.4 is 5.32 Å². The summed E-state index contributed by atoms with van der Waals surface area (Å²) in [6.45, 7) is 1.87. The summed E-state index contributed by atoms with van der Waals surface area (Å²) in [7, 11) is 0. The van der Waals surface area contributed by atoms with Crippen LogP contribution >= 0.6 is 22.7 Å². The van der Waals surface area contributed by atoms with Crippen LogP contribution in [-0.2, 0) is 12.8 Å². The molecule has 0 bridgehead atoms. The van der Waals surface area contributed by atoms with E-state index in [2.05, 4.69) is 39.8 Å². The van der Waals surface area contributed by atoms with Crippen molar-refractivity contribution >= 4 is 33.7 Å². The molecule has 1 aromatic carbocycles. The zero-order valence-electron chi connectivity index (χ0n) is 11.9. The van der Waals surface area contributed by atoms with Gasteiger partial charge in [0, 0.05) is 4.88 Å². The highest BCUT2D eigenvalue weighted by atomic mass is 32.1. The summed E-state index contributed by atoms with van der Waals surface area (Å²) < 4.78 is 0. The molecule has 0 atom stereocenters. The SMILES string of the molecule is Cc1nnc(NC(=O)c2cc3c(s2)-c2ccccc2CC3)s1. The first kappa shape index (κ1) is 13.6. The van der Waals surface area contributed by atoms with Crippen molar-refractivity contribution in [2.24, 2.45) is 0 Å². The fourth-order valence-corrected chi connectivity index (χ4v) is 4.44. The van der Waals surface area contributed by atoms with E-state index >= 15 is 0 Å². The molecular weight excluding hydrogens is 314 g/mol. The summed E-state index contributed by atoms with van der Waals surface area (Å²) in [5.74, 6) is -0.104. The van der Waals surface area contributed by atoms with Gasteiger partial charge in [-0.05, 0) is 42.5 Å². The van der Waals surface area contributed by atoms with Gasteiger partial charge in [-0.25, -0.2) is 0 Å². The second-order valence-corrected chi connectivity index (χ2v) is 7.44. The van der Waals surface area contributed by atoms with Gasteiger partial charge in [0.2, 0.25) is 5.13 Å². The van der Waals surface area contributed by atoms with Crippen molar-refractivity contribution in [3.63, 3.8) is 0 Å². The minimum Gasteiger partial charge on any atom is -0.296 e. The Bertz CT molecular complexity index is 866. The Labute approximate surface area is 135 Å². The number of carbonyl (C=O) groups excluding carboxylic acids is 1. The molecular formula is C16H13N3OS2. The van der Waals surface area contributed by atoms with Crippen molar-refractivity contribution in [1.29, 1.82) is 0 Å². The highest BCUT2D eigenvalue weighted by molar-refractivity contribution is 7.18. The standard InChI is InChI=1S/C16H13N3OS2/c1-9-18-19-16(21-9)17-15(20)13-8-11-7-6-10-4-2-3-5-12(10)14(11)22-13/h2-5,8H,6-7H2,1H3,(H,17,19,20). The molecule has 0 radical (unpaired) electrons. The topological polar surface area (TPSA) is 54.9 Å². The summed E-state index contributed by atoms with van der Waals surface area (Å²) >= 11 is 2.94. The maximum Gasteiger partial charge on any atom is 0.267 e. The van der Waals surface area contributed by atoms with Crippen molar-refractivity contribution < 1.29 is 4.79 Å². The average molecular weight is 327 g/mol. The van der Waals surface area contributed by atoms with Gasteiger partial charge in [0.05, 0.1) is 4.88 Å². The fourth-order valence-electron chi connectivity index (χ4n) is 2.69. The number of carbonyl (C=O) groups is 1. The van der Waals surface area contributed by atoms with Gasteiger partial charge in [-0.3, -0.25) is 10.1 Å². The van der Waals surface area contributed by atoms with Crippen LogP contribution in [-0.4, -0.2) is 16.1 Å². The second kappa shape index (κ2) is 5.30. The summed E-state index contributed by atoms with van der Waals surface area (Å²) in [6, 6.07) is 10.4. The molecule has 110 valence electrons. The molecule has 0 unspecified atom stereocenters. The zero-order valence-corrected chi connectivity index (χ0v) is 13.6. The summed E-state index contributed by atoms with van der Waals surface area (Å²) in [5.41, 5.74) is 3.89.